The standard InChI is InChI=1S/C18H22O3/c1-13(2)21-17-7-5-4-6-16(17)18(19)15-10-8-14(9-11-15)12-20-3/h4-11,13,18-19H,12H2,1-3H3. The van der Waals surface area contributed by atoms with Crippen LogP contribution < -0.4 is 4.74 Å². The van der Waals surface area contributed by atoms with Crippen LogP contribution in [-0.4, -0.2) is 18.3 Å². The van der Waals surface area contributed by atoms with E-state index in [0.717, 1.165) is 22.4 Å². The van der Waals surface area contributed by atoms with Crippen LogP contribution >= 0.6 is 0 Å². The van der Waals surface area contributed by atoms with Gasteiger partial charge in [0, 0.05) is 12.7 Å². The molecular formula is C18H22O3. The largest absolute Gasteiger partial charge is 0.491 e. The molecule has 0 radical (unpaired) electrons. The van der Waals surface area contributed by atoms with Crippen molar-refractivity contribution in [1.82, 2.24) is 0 Å². The van der Waals surface area contributed by atoms with E-state index in [1.807, 2.05) is 62.4 Å². The summed E-state index contributed by atoms with van der Waals surface area (Å²) < 4.78 is 10.9. The highest BCUT2D eigenvalue weighted by atomic mass is 16.5. The molecule has 2 aromatic rings. The Morgan fingerprint density at radius 3 is 2.29 bits per heavy atom. The first-order chi connectivity index (χ1) is 10.1. The monoisotopic (exact) mass is 286 g/mol. The van der Waals surface area contributed by atoms with Crippen molar-refractivity contribution in [2.24, 2.45) is 0 Å². The molecule has 3 heteroatoms. The predicted octanol–water partition coefficient (Wildman–Crippen LogP) is 3.70. The van der Waals surface area contributed by atoms with Gasteiger partial charge in [0.15, 0.2) is 0 Å². The number of benzene rings is 2. The number of rotatable bonds is 6. The molecule has 21 heavy (non-hydrogen) atoms. The van der Waals surface area contributed by atoms with Gasteiger partial charge in [0.2, 0.25) is 0 Å². The lowest BCUT2D eigenvalue weighted by Gasteiger charge is -2.18. The summed E-state index contributed by atoms with van der Waals surface area (Å²) >= 11 is 0. The van der Waals surface area contributed by atoms with E-state index in [-0.39, 0.29) is 6.10 Å². The highest BCUT2D eigenvalue weighted by molar-refractivity contribution is 5.40. The van der Waals surface area contributed by atoms with Crippen molar-refractivity contribution in [3.8, 4) is 5.75 Å². The molecule has 0 saturated heterocycles. The summed E-state index contributed by atoms with van der Waals surface area (Å²) in [5, 5.41) is 10.6. The van der Waals surface area contributed by atoms with Gasteiger partial charge in [0.1, 0.15) is 11.9 Å². The van der Waals surface area contributed by atoms with Gasteiger partial charge in [-0.3, -0.25) is 0 Å². The highest BCUT2D eigenvalue weighted by Gasteiger charge is 2.15. The minimum atomic E-state index is -0.698. The zero-order valence-electron chi connectivity index (χ0n) is 12.7. The van der Waals surface area contributed by atoms with Crippen LogP contribution in [0.4, 0.5) is 0 Å². The van der Waals surface area contributed by atoms with Crippen molar-refractivity contribution in [3.63, 3.8) is 0 Å². The van der Waals surface area contributed by atoms with Crippen LogP contribution in [0.1, 0.15) is 36.6 Å². The quantitative estimate of drug-likeness (QED) is 0.880. The van der Waals surface area contributed by atoms with Crippen LogP contribution in [-0.2, 0) is 11.3 Å². The Kier molecular flexibility index (Phi) is 5.37. The number of aliphatic hydroxyl groups is 1. The van der Waals surface area contributed by atoms with Crippen molar-refractivity contribution in [2.75, 3.05) is 7.11 Å². The third-order valence-corrected chi connectivity index (χ3v) is 3.18. The summed E-state index contributed by atoms with van der Waals surface area (Å²) in [5.41, 5.74) is 2.71. The third kappa shape index (κ3) is 4.06. The molecule has 1 atom stereocenters. The summed E-state index contributed by atoms with van der Waals surface area (Å²) in [6.45, 7) is 4.52. The van der Waals surface area contributed by atoms with E-state index in [1.165, 1.54) is 0 Å². The van der Waals surface area contributed by atoms with E-state index in [2.05, 4.69) is 0 Å². The molecule has 0 heterocycles. The molecule has 2 rings (SSSR count). The summed E-state index contributed by atoms with van der Waals surface area (Å²) in [7, 11) is 1.67. The molecule has 2 aromatic carbocycles. The molecule has 0 spiro atoms. The van der Waals surface area contributed by atoms with E-state index in [4.69, 9.17) is 9.47 Å². The zero-order chi connectivity index (χ0) is 15.2. The van der Waals surface area contributed by atoms with Gasteiger partial charge in [0.05, 0.1) is 12.7 Å². The van der Waals surface area contributed by atoms with Gasteiger partial charge in [-0.05, 0) is 31.0 Å². The number of hydrogen-bond donors (Lipinski definition) is 1. The smallest absolute Gasteiger partial charge is 0.125 e. The number of aliphatic hydroxyl groups excluding tert-OH is 1. The van der Waals surface area contributed by atoms with Crippen molar-refractivity contribution < 1.29 is 14.6 Å². The Balaban J connectivity index is 2.24. The Morgan fingerprint density at radius 2 is 1.67 bits per heavy atom. The molecule has 3 nitrogen and oxygen atoms in total. The lowest BCUT2D eigenvalue weighted by atomic mass is 9.99. The first-order valence-electron chi connectivity index (χ1n) is 7.13. The lowest BCUT2D eigenvalue weighted by Crippen LogP contribution is -2.10. The van der Waals surface area contributed by atoms with E-state index in [0.29, 0.717) is 6.61 Å². The van der Waals surface area contributed by atoms with E-state index in [9.17, 15) is 5.11 Å². The Hall–Kier alpha value is -1.84. The fraction of sp³-hybridized carbons (Fsp3) is 0.333. The lowest BCUT2D eigenvalue weighted by molar-refractivity contribution is 0.184. The maximum atomic E-state index is 10.6. The molecule has 0 aliphatic carbocycles. The zero-order valence-corrected chi connectivity index (χ0v) is 12.7. The van der Waals surface area contributed by atoms with Crippen LogP contribution in [0.5, 0.6) is 5.75 Å². The SMILES string of the molecule is COCc1ccc(C(O)c2ccccc2OC(C)C)cc1. The second kappa shape index (κ2) is 7.25. The first kappa shape index (κ1) is 15.5. The van der Waals surface area contributed by atoms with Crippen LogP contribution in [0.2, 0.25) is 0 Å². The van der Waals surface area contributed by atoms with Crippen LogP contribution in [0.15, 0.2) is 48.5 Å². The average Bonchev–Trinajstić information content (AvgIpc) is 2.48. The van der Waals surface area contributed by atoms with Gasteiger partial charge in [-0.2, -0.15) is 0 Å². The Bertz CT molecular complexity index is 561. The molecular weight excluding hydrogens is 264 g/mol. The van der Waals surface area contributed by atoms with Gasteiger partial charge in [-0.1, -0.05) is 42.5 Å². The minimum Gasteiger partial charge on any atom is -0.491 e. The normalized spacial score (nSPS) is 12.4. The molecule has 0 amide bonds. The molecule has 112 valence electrons. The van der Waals surface area contributed by atoms with Crippen LogP contribution in [0.3, 0.4) is 0 Å². The Morgan fingerprint density at radius 1 is 1.00 bits per heavy atom. The summed E-state index contributed by atoms with van der Waals surface area (Å²) in [4.78, 5) is 0. The predicted molar refractivity (Wildman–Crippen MR) is 83.4 cm³/mol. The molecule has 0 saturated carbocycles. The number of methoxy groups -OCH3 is 1. The maximum absolute atomic E-state index is 10.6. The van der Waals surface area contributed by atoms with Crippen molar-refractivity contribution in [1.29, 1.82) is 0 Å². The van der Waals surface area contributed by atoms with Crippen molar-refractivity contribution >= 4 is 0 Å². The number of ether oxygens (including phenoxy) is 2. The summed E-state index contributed by atoms with van der Waals surface area (Å²) in [6.07, 6.45) is -0.626. The molecule has 0 aliphatic rings. The van der Waals surface area contributed by atoms with Gasteiger partial charge in [0.25, 0.3) is 0 Å². The van der Waals surface area contributed by atoms with E-state index >= 15 is 0 Å². The molecule has 0 aromatic heterocycles. The molecule has 1 N–H and O–H groups in total. The van der Waals surface area contributed by atoms with Crippen LogP contribution in [0.25, 0.3) is 0 Å². The van der Waals surface area contributed by atoms with Gasteiger partial charge < -0.3 is 14.6 Å². The summed E-state index contributed by atoms with van der Waals surface area (Å²) in [5.74, 6) is 0.723. The third-order valence-electron chi connectivity index (χ3n) is 3.18. The second-order valence-electron chi connectivity index (χ2n) is 5.28. The van der Waals surface area contributed by atoms with E-state index < -0.39 is 6.10 Å². The molecule has 1 unspecified atom stereocenters. The van der Waals surface area contributed by atoms with Gasteiger partial charge in [-0.15, -0.1) is 0 Å². The minimum absolute atomic E-state index is 0.0717. The number of para-hydroxylation sites is 1. The highest BCUT2D eigenvalue weighted by Crippen LogP contribution is 2.30. The van der Waals surface area contributed by atoms with Gasteiger partial charge in [-0.25, -0.2) is 0 Å². The van der Waals surface area contributed by atoms with E-state index in [1.54, 1.807) is 7.11 Å². The second-order valence-corrected chi connectivity index (χ2v) is 5.28. The van der Waals surface area contributed by atoms with Crippen molar-refractivity contribution in [2.45, 2.75) is 32.7 Å². The fourth-order valence-electron chi connectivity index (χ4n) is 2.21. The van der Waals surface area contributed by atoms with Gasteiger partial charge >= 0.3 is 0 Å². The summed E-state index contributed by atoms with van der Waals surface area (Å²) in [6, 6.07) is 15.4. The van der Waals surface area contributed by atoms with Crippen LogP contribution in [0, 0.1) is 0 Å². The fourth-order valence-corrected chi connectivity index (χ4v) is 2.21. The first-order valence-corrected chi connectivity index (χ1v) is 7.13. The maximum Gasteiger partial charge on any atom is 0.125 e. The molecule has 0 fully saturated rings. The van der Waals surface area contributed by atoms with Crippen molar-refractivity contribution in [3.05, 3.63) is 65.2 Å². The topological polar surface area (TPSA) is 38.7 Å². The average molecular weight is 286 g/mol. The number of hydrogen-bond acceptors (Lipinski definition) is 3. The molecule has 0 bridgehead atoms. The Labute approximate surface area is 126 Å². The molecule has 0 aliphatic heterocycles.